The van der Waals surface area contributed by atoms with E-state index in [9.17, 15) is 19.7 Å². The molecule has 5 N–H and O–H groups in total. The molecule has 130 valence electrons. The van der Waals surface area contributed by atoms with Crippen LogP contribution in [0.25, 0.3) is 0 Å². The van der Waals surface area contributed by atoms with Gasteiger partial charge in [0.1, 0.15) is 6.04 Å². The highest BCUT2D eigenvalue weighted by atomic mass is 16.7. The van der Waals surface area contributed by atoms with Crippen molar-refractivity contribution >= 4 is 17.8 Å². The lowest BCUT2D eigenvalue weighted by molar-refractivity contribution is -0.525. The Morgan fingerprint density at radius 1 is 1.57 bits per heavy atom. The molecule has 0 aromatic heterocycles. The number of hydrazine groups is 1. The summed E-state index contributed by atoms with van der Waals surface area (Å²) in [6.45, 7) is 2.81. The lowest BCUT2D eigenvalue weighted by atomic mass is 10.0. The van der Waals surface area contributed by atoms with Gasteiger partial charge in [-0.3, -0.25) is 9.59 Å². The third kappa shape index (κ3) is 6.09. The van der Waals surface area contributed by atoms with Crippen LogP contribution in [0.1, 0.15) is 39.0 Å². The van der Waals surface area contributed by atoms with Crippen LogP contribution < -0.4 is 16.9 Å². The fourth-order valence-corrected chi connectivity index (χ4v) is 2.78. The maximum absolute atomic E-state index is 12.1. The van der Waals surface area contributed by atoms with Gasteiger partial charge in [-0.2, -0.15) is 0 Å². The van der Waals surface area contributed by atoms with E-state index in [1.165, 1.54) is 0 Å². The van der Waals surface area contributed by atoms with Crippen LogP contribution in [-0.4, -0.2) is 46.8 Å². The third-order valence-corrected chi connectivity index (χ3v) is 3.76. The molecule has 10 heteroatoms. The number of amides is 2. The fraction of sp³-hybridized carbons (Fsp3) is 0.769. The van der Waals surface area contributed by atoms with Crippen molar-refractivity contribution in [3.8, 4) is 0 Å². The number of hydrogen-bond donors (Lipinski definition) is 3. The fourth-order valence-electron chi connectivity index (χ4n) is 2.78. The Labute approximate surface area is 134 Å². The summed E-state index contributed by atoms with van der Waals surface area (Å²) >= 11 is 0. The second kappa shape index (κ2) is 8.91. The second-order valence-electron chi connectivity index (χ2n) is 5.60. The van der Waals surface area contributed by atoms with Gasteiger partial charge in [-0.25, -0.2) is 15.1 Å². The molecule has 2 amide bonds. The Balaban J connectivity index is 2.52. The van der Waals surface area contributed by atoms with Gasteiger partial charge in [-0.05, 0) is 25.2 Å². The van der Waals surface area contributed by atoms with Gasteiger partial charge in [-0.15, -0.1) is 0 Å². The van der Waals surface area contributed by atoms with Gasteiger partial charge in [0.15, 0.2) is 5.03 Å². The number of carbonyl (C=O) groups excluding carboxylic acids is 2. The molecule has 0 aliphatic carbocycles. The number of hydrogen-bond acceptors (Lipinski definition) is 5. The predicted octanol–water partition coefficient (Wildman–Crippen LogP) is -0.635. The smallest absolute Gasteiger partial charge is 0.251 e. The Hall–Kier alpha value is -2.39. The summed E-state index contributed by atoms with van der Waals surface area (Å²) in [6.07, 6.45) is 3.19. The first-order chi connectivity index (χ1) is 10.8. The monoisotopic (exact) mass is 328 g/mol. The molecule has 0 saturated carbocycles. The van der Waals surface area contributed by atoms with Crippen LogP contribution >= 0.6 is 0 Å². The normalized spacial score (nSPS) is 19.7. The maximum atomic E-state index is 12.1. The molecule has 23 heavy (non-hydrogen) atoms. The number of likely N-dealkylation sites (tertiary alicyclic amines) is 1. The van der Waals surface area contributed by atoms with E-state index in [0.717, 1.165) is 12.8 Å². The zero-order valence-corrected chi connectivity index (χ0v) is 13.2. The first-order valence-electron chi connectivity index (χ1n) is 7.64. The van der Waals surface area contributed by atoms with E-state index >= 15 is 0 Å². The molecule has 0 bridgehead atoms. The zero-order chi connectivity index (χ0) is 17.4. The predicted molar refractivity (Wildman–Crippen MR) is 83.6 cm³/mol. The van der Waals surface area contributed by atoms with Gasteiger partial charge < -0.3 is 16.4 Å². The number of aliphatic imine (C=N–C) groups is 1. The Bertz CT molecular complexity index is 481. The Kier molecular flexibility index (Phi) is 7.23. The lowest BCUT2D eigenvalue weighted by Crippen LogP contribution is -2.45. The van der Waals surface area contributed by atoms with Crippen molar-refractivity contribution < 1.29 is 14.6 Å². The molecule has 2 unspecified atom stereocenters. The number of nitrogens with zero attached hydrogens (tertiary/aromatic N) is 3. The number of nitrogens with one attached hydrogen (secondary N) is 1. The highest BCUT2D eigenvalue weighted by molar-refractivity contribution is 5.87. The molecule has 0 aromatic rings. The van der Waals surface area contributed by atoms with Crippen LogP contribution in [0.5, 0.6) is 0 Å². The van der Waals surface area contributed by atoms with Crippen LogP contribution in [0.4, 0.5) is 0 Å². The summed E-state index contributed by atoms with van der Waals surface area (Å²) in [5, 5.41) is 9.36. The maximum Gasteiger partial charge on any atom is 0.251 e. The van der Waals surface area contributed by atoms with E-state index in [0.29, 0.717) is 25.8 Å². The molecule has 1 fully saturated rings. The number of nitro groups is 1. The molecule has 1 aliphatic heterocycles. The minimum Gasteiger partial charge on any atom is -0.368 e. The van der Waals surface area contributed by atoms with E-state index in [1.54, 1.807) is 10.3 Å². The van der Waals surface area contributed by atoms with Gasteiger partial charge in [0, 0.05) is 19.5 Å². The topological polar surface area (TPSA) is 157 Å². The SMILES string of the molecule is CCCC1CC(=O)N(C(CCCN=C(N)N[N+](=O)[O-])C(N)=O)C1. The molecule has 2 atom stereocenters. The van der Waals surface area contributed by atoms with E-state index < -0.39 is 17.0 Å². The highest BCUT2D eigenvalue weighted by Gasteiger charge is 2.35. The van der Waals surface area contributed by atoms with Crippen LogP contribution in [0, 0.1) is 16.0 Å². The van der Waals surface area contributed by atoms with Gasteiger partial charge >= 0.3 is 0 Å². The summed E-state index contributed by atoms with van der Waals surface area (Å²) < 4.78 is 0. The number of primary amides is 1. The van der Waals surface area contributed by atoms with Crippen molar-refractivity contribution in [1.29, 1.82) is 0 Å². The van der Waals surface area contributed by atoms with E-state index in [1.807, 2.05) is 0 Å². The average Bonchev–Trinajstić information content (AvgIpc) is 2.78. The van der Waals surface area contributed by atoms with Crippen LogP contribution in [0.2, 0.25) is 0 Å². The number of rotatable bonds is 9. The van der Waals surface area contributed by atoms with Crippen molar-refractivity contribution in [3.63, 3.8) is 0 Å². The molecular formula is C13H24N6O4. The summed E-state index contributed by atoms with van der Waals surface area (Å²) in [5.41, 5.74) is 12.4. The molecule has 1 aliphatic rings. The molecule has 0 radical (unpaired) electrons. The van der Waals surface area contributed by atoms with Crippen molar-refractivity contribution in [1.82, 2.24) is 10.3 Å². The van der Waals surface area contributed by atoms with Gasteiger partial charge in [-0.1, -0.05) is 18.8 Å². The van der Waals surface area contributed by atoms with Gasteiger partial charge in [0.05, 0.1) is 0 Å². The van der Waals surface area contributed by atoms with Crippen molar-refractivity contribution in [2.45, 2.75) is 45.1 Å². The van der Waals surface area contributed by atoms with Gasteiger partial charge in [0.25, 0.3) is 5.96 Å². The molecule has 0 spiro atoms. The quantitative estimate of drug-likeness (QED) is 0.168. The third-order valence-electron chi connectivity index (χ3n) is 3.76. The minimum absolute atomic E-state index is 0.0507. The second-order valence-corrected chi connectivity index (χ2v) is 5.60. The van der Waals surface area contributed by atoms with Crippen molar-refractivity contribution in [2.24, 2.45) is 22.4 Å². The molecule has 10 nitrogen and oxygen atoms in total. The molecule has 1 saturated heterocycles. The van der Waals surface area contributed by atoms with Crippen LogP contribution in [0.3, 0.4) is 0 Å². The first kappa shape index (κ1) is 18.7. The van der Waals surface area contributed by atoms with Crippen molar-refractivity contribution in [3.05, 3.63) is 10.1 Å². The lowest BCUT2D eigenvalue weighted by Gasteiger charge is -2.25. The first-order valence-corrected chi connectivity index (χ1v) is 7.64. The standard InChI is InChI=1S/C13H24N6O4/c1-2-4-9-7-11(20)18(8-9)10(12(14)21)5-3-6-16-13(15)17-19(22)23/h9-10H,2-8H2,1H3,(H2,14,21)(H3,15,16,17). The largest absolute Gasteiger partial charge is 0.368 e. The summed E-state index contributed by atoms with van der Waals surface area (Å²) in [4.78, 5) is 39.2. The average molecular weight is 328 g/mol. The molecule has 0 aromatic carbocycles. The summed E-state index contributed by atoms with van der Waals surface area (Å²) in [7, 11) is 0. The Morgan fingerprint density at radius 2 is 2.26 bits per heavy atom. The molecule has 1 heterocycles. The number of carbonyl (C=O) groups is 2. The number of nitrogens with two attached hydrogens (primary N) is 2. The van der Waals surface area contributed by atoms with E-state index in [-0.39, 0.29) is 24.3 Å². The summed E-state index contributed by atoms with van der Waals surface area (Å²) in [6, 6.07) is -0.663. The summed E-state index contributed by atoms with van der Waals surface area (Å²) in [5.74, 6) is -0.626. The highest BCUT2D eigenvalue weighted by Crippen LogP contribution is 2.25. The molecule has 1 rings (SSSR count). The van der Waals surface area contributed by atoms with Gasteiger partial charge in [0.2, 0.25) is 11.8 Å². The Morgan fingerprint density at radius 3 is 2.83 bits per heavy atom. The van der Waals surface area contributed by atoms with Crippen LogP contribution in [-0.2, 0) is 9.59 Å². The zero-order valence-electron chi connectivity index (χ0n) is 13.2. The van der Waals surface area contributed by atoms with E-state index in [2.05, 4.69) is 11.9 Å². The molecular weight excluding hydrogens is 304 g/mol. The number of guanidine groups is 1. The minimum atomic E-state index is -0.804. The van der Waals surface area contributed by atoms with E-state index in [4.69, 9.17) is 11.5 Å². The van der Waals surface area contributed by atoms with Crippen molar-refractivity contribution in [2.75, 3.05) is 13.1 Å². The van der Waals surface area contributed by atoms with Crippen LogP contribution in [0.15, 0.2) is 4.99 Å².